The molecule has 1 fully saturated rings. The first-order valence-corrected chi connectivity index (χ1v) is 8.45. The van der Waals surface area contributed by atoms with Gasteiger partial charge in [-0.1, -0.05) is 23.7 Å². The minimum absolute atomic E-state index is 0.0823. The average Bonchev–Trinajstić information content (AvgIpc) is 2.49. The number of carbonyl (C=O) groups excluding carboxylic acids is 1. The highest BCUT2D eigenvalue weighted by Crippen LogP contribution is 2.20. The molecule has 0 bridgehead atoms. The molecule has 1 aromatic carbocycles. The van der Waals surface area contributed by atoms with Crippen LogP contribution in [-0.4, -0.2) is 40.2 Å². The molecule has 1 aliphatic heterocycles. The van der Waals surface area contributed by atoms with E-state index in [2.05, 4.69) is 0 Å². The van der Waals surface area contributed by atoms with E-state index in [1.807, 2.05) is 24.3 Å². The molecule has 0 aliphatic carbocycles. The molecule has 1 atom stereocenters. The van der Waals surface area contributed by atoms with Gasteiger partial charge in [0.15, 0.2) is 0 Å². The van der Waals surface area contributed by atoms with E-state index in [9.17, 15) is 14.7 Å². The average molecular weight is 328 g/mol. The van der Waals surface area contributed by atoms with Gasteiger partial charge in [0.05, 0.1) is 5.75 Å². The van der Waals surface area contributed by atoms with E-state index in [0.29, 0.717) is 29.5 Å². The standard InChI is InChI=1S/C15H18ClNO3S/c16-12-6-4-11(5-7-12)9-21-10-14(18)17-8-2-1-3-13(17)15(19)20/h4-7,13H,1-3,8-10H2,(H,19,20)/t13-/m0/s1. The van der Waals surface area contributed by atoms with Crippen molar-refractivity contribution in [2.24, 2.45) is 0 Å². The second-order valence-electron chi connectivity index (χ2n) is 5.06. The van der Waals surface area contributed by atoms with Crippen LogP contribution >= 0.6 is 23.4 Å². The van der Waals surface area contributed by atoms with Crippen LogP contribution in [0.15, 0.2) is 24.3 Å². The summed E-state index contributed by atoms with van der Waals surface area (Å²) in [5, 5.41) is 9.87. The van der Waals surface area contributed by atoms with Crippen LogP contribution in [0.1, 0.15) is 24.8 Å². The third-order valence-electron chi connectivity index (χ3n) is 3.52. The maximum Gasteiger partial charge on any atom is 0.326 e. The van der Waals surface area contributed by atoms with Gasteiger partial charge < -0.3 is 10.0 Å². The first kappa shape index (κ1) is 16.2. The van der Waals surface area contributed by atoms with Gasteiger partial charge in [-0.2, -0.15) is 0 Å². The van der Waals surface area contributed by atoms with Crippen molar-refractivity contribution in [2.45, 2.75) is 31.1 Å². The highest BCUT2D eigenvalue weighted by atomic mass is 35.5. The van der Waals surface area contributed by atoms with Crippen LogP contribution < -0.4 is 0 Å². The summed E-state index contributed by atoms with van der Waals surface area (Å²) in [6, 6.07) is 6.86. The summed E-state index contributed by atoms with van der Waals surface area (Å²) in [6.07, 6.45) is 2.32. The van der Waals surface area contributed by atoms with Crippen LogP contribution in [0, 0.1) is 0 Å². The van der Waals surface area contributed by atoms with Gasteiger partial charge in [0, 0.05) is 17.3 Å². The third-order valence-corrected chi connectivity index (χ3v) is 4.76. The first-order chi connectivity index (χ1) is 10.1. The second-order valence-corrected chi connectivity index (χ2v) is 6.48. The smallest absolute Gasteiger partial charge is 0.326 e. The Morgan fingerprint density at radius 1 is 1.29 bits per heavy atom. The van der Waals surface area contributed by atoms with E-state index >= 15 is 0 Å². The fraction of sp³-hybridized carbons (Fsp3) is 0.467. The molecule has 1 saturated heterocycles. The lowest BCUT2D eigenvalue weighted by Crippen LogP contribution is -2.48. The lowest BCUT2D eigenvalue weighted by molar-refractivity contribution is -0.150. The van der Waals surface area contributed by atoms with Crippen molar-refractivity contribution in [1.82, 2.24) is 4.90 Å². The molecule has 1 aromatic rings. The number of carboxylic acids is 1. The van der Waals surface area contributed by atoms with Crippen LogP contribution in [-0.2, 0) is 15.3 Å². The molecule has 21 heavy (non-hydrogen) atoms. The SMILES string of the molecule is O=C(O)[C@@H]1CCCCN1C(=O)CSCc1ccc(Cl)cc1. The predicted octanol–water partition coefficient (Wildman–Crippen LogP) is 3.04. The Hall–Kier alpha value is -1.20. The second kappa shape index (κ2) is 7.71. The molecule has 1 N–H and O–H groups in total. The molecule has 1 heterocycles. The number of hydrogen-bond acceptors (Lipinski definition) is 3. The Bertz CT molecular complexity index is 506. The fourth-order valence-corrected chi connectivity index (χ4v) is 3.40. The number of piperidine rings is 1. The minimum atomic E-state index is -0.897. The summed E-state index contributed by atoms with van der Waals surface area (Å²) in [7, 11) is 0. The summed E-state index contributed by atoms with van der Waals surface area (Å²) in [5.74, 6) is 0.0489. The summed E-state index contributed by atoms with van der Waals surface area (Å²) in [5.41, 5.74) is 1.10. The minimum Gasteiger partial charge on any atom is -0.480 e. The molecule has 0 aromatic heterocycles. The van der Waals surface area contributed by atoms with Crippen LogP contribution in [0.3, 0.4) is 0 Å². The Morgan fingerprint density at radius 3 is 2.67 bits per heavy atom. The zero-order valence-corrected chi connectivity index (χ0v) is 13.2. The summed E-state index contributed by atoms with van der Waals surface area (Å²) in [4.78, 5) is 24.9. The van der Waals surface area contributed by atoms with Crippen molar-refractivity contribution >= 4 is 35.2 Å². The number of likely N-dealkylation sites (tertiary alicyclic amines) is 1. The number of amides is 1. The maximum absolute atomic E-state index is 12.2. The normalized spacial score (nSPS) is 18.5. The number of nitrogens with zero attached hydrogens (tertiary/aromatic N) is 1. The Labute approximate surface area is 133 Å². The molecular weight excluding hydrogens is 310 g/mol. The van der Waals surface area contributed by atoms with Gasteiger partial charge in [-0.15, -0.1) is 11.8 Å². The molecule has 0 spiro atoms. The van der Waals surface area contributed by atoms with Crippen molar-refractivity contribution in [1.29, 1.82) is 0 Å². The maximum atomic E-state index is 12.2. The number of hydrogen-bond donors (Lipinski definition) is 1. The molecule has 6 heteroatoms. The number of aliphatic carboxylic acids is 1. The topological polar surface area (TPSA) is 57.6 Å². The zero-order valence-electron chi connectivity index (χ0n) is 11.6. The van der Waals surface area contributed by atoms with E-state index in [1.54, 1.807) is 0 Å². The molecule has 1 amide bonds. The molecule has 2 rings (SSSR count). The molecule has 0 radical (unpaired) electrons. The highest BCUT2D eigenvalue weighted by Gasteiger charge is 2.31. The van der Waals surface area contributed by atoms with Gasteiger partial charge in [-0.3, -0.25) is 4.79 Å². The zero-order chi connectivity index (χ0) is 15.2. The Kier molecular flexibility index (Phi) is 5.94. The van der Waals surface area contributed by atoms with Crippen molar-refractivity contribution in [2.75, 3.05) is 12.3 Å². The monoisotopic (exact) mass is 327 g/mol. The van der Waals surface area contributed by atoms with Gasteiger partial charge in [0.1, 0.15) is 6.04 Å². The number of thioether (sulfide) groups is 1. The fourth-order valence-electron chi connectivity index (χ4n) is 2.41. The van der Waals surface area contributed by atoms with Crippen molar-refractivity contribution in [3.63, 3.8) is 0 Å². The number of rotatable bonds is 5. The Morgan fingerprint density at radius 2 is 2.00 bits per heavy atom. The number of benzene rings is 1. The highest BCUT2D eigenvalue weighted by molar-refractivity contribution is 7.99. The van der Waals surface area contributed by atoms with Gasteiger partial charge in [-0.05, 0) is 37.0 Å². The number of carboxylic acid groups (broad SMARTS) is 1. The number of carbonyl (C=O) groups is 2. The molecular formula is C15H18ClNO3S. The number of halogens is 1. The van der Waals surface area contributed by atoms with E-state index in [4.69, 9.17) is 11.6 Å². The van der Waals surface area contributed by atoms with Gasteiger partial charge >= 0.3 is 5.97 Å². The van der Waals surface area contributed by atoms with Crippen LogP contribution in [0.2, 0.25) is 5.02 Å². The summed E-state index contributed by atoms with van der Waals surface area (Å²) < 4.78 is 0. The lowest BCUT2D eigenvalue weighted by Gasteiger charge is -2.32. The van der Waals surface area contributed by atoms with E-state index in [-0.39, 0.29) is 5.91 Å². The third kappa shape index (κ3) is 4.64. The van der Waals surface area contributed by atoms with Crippen LogP contribution in [0.5, 0.6) is 0 Å². The molecule has 4 nitrogen and oxygen atoms in total. The van der Waals surface area contributed by atoms with Crippen molar-refractivity contribution in [3.05, 3.63) is 34.9 Å². The molecule has 0 saturated carbocycles. The van der Waals surface area contributed by atoms with Crippen LogP contribution in [0.25, 0.3) is 0 Å². The van der Waals surface area contributed by atoms with E-state index < -0.39 is 12.0 Å². The first-order valence-electron chi connectivity index (χ1n) is 6.92. The quantitative estimate of drug-likeness (QED) is 0.903. The van der Waals surface area contributed by atoms with Crippen molar-refractivity contribution in [3.8, 4) is 0 Å². The van der Waals surface area contributed by atoms with Gasteiger partial charge in [0.25, 0.3) is 0 Å². The van der Waals surface area contributed by atoms with E-state index in [1.165, 1.54) is 16.7 Å². The van der Waals surface area contributed by atoms with E-state index in [0.717, 1.165) is 18.4 Å². The lowest BCUT2D eigenvalue weighted by atomic mass is 10.0. The Balaban J connectivity index is 1.83. The van der Waals surface area contributed by atoms with Gasteiger partial charge in [-0.25, -0.2) is 4.79 Å². The molecule has 114 valence electrons. The summed E-state index contributed by atoms with van der Waals surface area (Å²) >= 11 is 7.32. The van der Waals surface area contributed by atoms with Crippen molar-refractivity contribution < 1.29 is 14.7 Å². The predicted molar refractivity (Wildman–Crippen MR) is 84.6 cm³/mol. The largest absolute Gasteiger partial charge is 0.480 e. The van der Waals surface area contributed by atoms with Gasteiger partial charge in [0.2, 0.25) is 5.91 Å². The summed E-state index contributed by atoms with van der Waals surface area (Å²) in [6.45, 7) is 0.553. The van der Waals surface area contributed by atoms with Crippen LogP contribution in [0.4, 0.5) is 0 Å². The molecule has 0 unspecified atom stereocenters. The molecule has 1 aliphatic rings.